The van der Waals surface area contributed by atoms with Crippen LogP contribution in [0.5, 0.6) is 0 Å². The molecule has 0 fully saturated rings. The molecule has 27 heavy (non-hydrogen) atoms. The van der Waals surface area contributed by atoms with Gasteiger partial charge in [0.05, 0.1) is 24.5 Å². The quantitative estimate of drug-likeness (QED) is 0.670. The highest BCUT2D eigenvalue weighted by atomic mass is 35.5. The molecule has 1 amide bonds. The minimum absolute atomic E-state index is 0. The number of nitrogens with one attached hydrogen (secondary N) is 2. The standard InChI is InChI=1S/C18H21N7O.ClH/c26-18(5-4-16-9-17-10-19-6-7-25(17)23-16)22-15-3-1-2-14(8-15)11-24-13-20-12-21-24;/h1-3,8-9,12-13,19H,4-7,10-11H2,(H,22,26);1H. The van der Waals surface area contributed by atoms with E-state index in [1.807, 2.05) is 28.9 Å². The lowest BCUT2D eigenvalue weighted by Gasteiger charge is -2.13. The van der Waals surface area contributed by atoms with Crippen molar-refractivity contribution in [3.63, 3.8) is 0 Å². The monoisotopic (exact) mass is 387 g/mol. The van der Waals surface area contributed by atoms with E-state index in [9.17, 15) is 4.79 Å². The zero-order valence-electron chi connectivity index (χ0n) is 14.8. The van der Waals surface area contributed by atoms with Gasteiger partial charge in [0.2, 0.25) is 5.91 Å². The predicted molar refractivity (Wildman–Crippen MR) is 104 cm³/mol. The van der Waals surface area contributed by atoms with E-state index in [1.54, 1.807) is 11.0 Å². The number of benzene rings is 1. The number of nitrogens with zero attached hydrogens (tertiary/aromatic N) is 5. The summed E-state index contributed by atoms with van der Waals surface area (Å²) in [5, 5.41) is 14.9. The van der Waals surface area contributed by atoms with Gasteiger partial charge in [0.1, 0.15) is 12.7 Å². The molecule has 0 bridgehead atoms. The van der Waals surface area contributed by atoms with Gasteiger partial charge in [-0.1, -0.05) is 12.1 Å². The molecular weight excluding hydrogens is 366 g/mol. The van der Waals surface area contributed by atoms with Crippen LogP contribution in [-0.4, -0.2) is 37.0 Å². The van der Waals surface area contributed by atoms with Crippen molar-refractivity contribution in [3.05, 3.63) is 59.9 Å². The highest BCUT2D eigenvalue weighted by molar-refractivity contribution is 5.90. The Morgan fingerprint density at radius 3 is 3.04 bits per heavy atom. The van der Waals surface area contributed by atoms with Crippen LogP contribution in [0.4, 0.5) is 5.69 Å². The molecule has 0 saturated carbocycles. The number of hydrogen-bond acceptors (Lipinski definition) is 5. The largest absolute Gasteiger partial charge is 0.326 e. The van der Waals surface area contributed by atoms with Crippen LogP contribution in [0, 0.1) is 0 Å². The highest BCUT2D eigenvalue weighted by Crippen LogP contribution is 2.13. The third-order valence-corrected chi connectivity index (χ3v) is 4.35. The van der Waals surface area contributed by atoms with Gasteiger partial charge in [0, 0.05) is 31.6 Å². The van der Waals surface area contributed by atoms with Crippen molar-refractivity contribution in [3.8, 4) is 0 Å². The number of anilines is 1. The number of aryl methyl sites for hydroxylation is 1. The molecule has 9 heteroatoms. The van der Waals surface area contributed by atoms with Crippen molar-refractivity contribution in [1.29, 1.82) is 0 Å². The van der Waals surface area contributed by atoms with Crippen LogP contribution in [0.3, 0.4) is 0 Å². The maximum absolute atomic E-state index is 12.3. The summed E-state index contributed by atoms with van der Waals surface area (Å²) >= 11 is 0. The molecule has 0 saturated heterocycles. The van der Waals surface area contributed by atoms with Gasteiger partial charge in [-0.25, -0.2) is 9.67 Å². The summed E-state index contributed by atoms with van der Waals surface area (Å²) in [6.07, 6.45) is 4.24. The lowest BCUT2D eigenvalue weighted by molar-refractivity contribution is -0.116. The predicted octanol–water partition coefficient (Wildman–Crippen LogP) is 1.62. The van der Waals surface area contributed by atoms with Gasteiger partial charge in [0.15, 0.2) is 0 Å². The molecule has 3 aromatic rings. The minimum atomic E-state index is -0.00740. The second kappa shape index (κ2) is 8.79. The highest BCUT2D eigenvalue weighted by Gasteiger charge is 2.12. The van der Waals surface area contributed by atoms with Crippen LogP contribution in [0.15, 0.2) is 43.0 Å². The summed E-state index contributed by atoms with van der Waals surface area (Å²) in [6, 6.07) is 9.86. The maximum Gasteiger partial charge on any atom is 0.224 e. The molecule has 0 atom stereocenters. The molecule has 0 spiro atoms. The average molecular weight is 388 g/mol. The average Bonchev–Trinajstić information content (AvgIpc) is 3.29. The van der Waals surface area contributed by atoms with Crippen LogP contribution in [0.2, 0.25) is 0 Å². The Kier molecular flexibility index (Phi) is 6.20. The van der Waals surface area contributed by atoms with Crippen molar-refractivity contribution in [2.45, 2.75) is 32.5 Å². The zero-order valence-corrected chi connectivity index (χ0v) is 15.7. The fourth-order valence-electron chi connectivity index (χ4n) is 3.09. The summed E-state index contributed by atoms with van der Waals surface area (Å²) in [6.45, 7) is 3.30. The third-order valence-electron chi connectivity index (χ3n) is 4.35. The van der Waals surface area contributed by atoms with Crippen molar-refractivity contribution >= 4 is 24.0 Å². The fraction of sp³-hybridized carbons (Fsp3) is 0.333. The van der Waals surface area contributed by atoms with Gasteiger partial charge >= 0.3 is 0 Å². The molecular formula is C18H22ClN7O. The van der Waals surface area contributed by atoms with Gasteiger partial charge in [0.25, 0.3) is 0 Å². The van der Waals surface area contributed by atoms with Gasteiger partial charge in [-0.3, -0.25) is 9.48 Å². The second-order valence-electron chi connectivity index (χ2n) is 6.37. The first kappa shape index (κ1) is 19.1. The van der Waals surface area contributed by atoms with Crippen LogP contribution in [0.25, 0.3) is 0 Å². The number of amides is 1. The van der Waals surface area contributed by atoms with Crippen molar-refractivity contribution in [1.82, 2.24) is 29.9 Å². The molecule has 0 unspecified atom stereocenters. The van der Waals surface area contributed by atoms with Gasteiger partial charge in [-0.05, 0) is 23.8 Å². The van der Waals surface area contributed by atoms with Crippen LogP contribution >= 0.6 is 12.4 Å². The number of fused-ring (bicyclic) bond motifs is 1. The van der Waals surface area contributed by atoms with E-state index in [0.717, 1.165) is 36.6 Å². The maximum atomic E-state index is 12.3. The van der Waals surface area contributed by atoms with Crippen molar-refractivity contribution in [2.75, 3.05) is 11.9 Å². The summed E-state index contributed by atoms with van der Waals surface area (Å²) in [5.74, 6) is -0.00740. The van der Waals surface area contributed by atoms with E-state index in [1.165, 1.54) is 12.0 Å². The molecule has 0 radical (unpaired) electrons. The molecule has 0 aliphatic carbocycles. The molecule has 3 heterocycles. The van der Waals surface area contributed by atoms with Crippen LogP contribution in [0.1, 0.15) is 23.4 Å². The number of carbonyl (C=O) groups is 1. The molecule has 142 valence electrons. The minimum Gasteiger partial charge on any atom is -0.326 e. The molecule has 1 aromatic carbocycles. The Balaban J connectivity index is 0.00000210. The van der Waals surface area contributed by atoms with Gasteiger partial charge in [-0.2, -0.15) is 10.2 Å². The number of hydrogen-bond donors (Lipinski definition) is 2. The number of rotatable bonds is 6. The lowest BCUT2D eigenvalue weighted by atomic mass is 10.2. The summed E-state index contributed by atoms with van der Waals surface area (Å²) in [5.41, 5.74) is 4.01. The van der Waals surface area contributed by atoms with Gasteiger partial charge in [-0.15, -0.1) is 12.4 Å². The van der Waals surface area contributed by atoms with E-state index >= 15 is 0 Å². The SMILES string of the molecule is Cl.O=C(CCc1cc2n(n1)CCNC2)Nc1cccc(Cn2cncn2)c1. The number of halogens is 1. The van der Waals surface area contributed by atoms with E-state index in [4.69, 9.17) is 0 Å². The first-order valence-corrected chi connectivity index (χ1v) is 8.74. The first-order valence-electron chi connectivity index (χ1n) is 8.74. The molecule has 1 aliphatic heterocycles. The Labute approximate surface area is 163 Å². The zero-order chi connectivity index (χ0) is 17.8. The Morgan fingerprint density at radius 2 is 2.22 bits per heavy atom. The normalized spacial score (nSPS) is 12.9. The van der Waals surface area contributed by atoms with Gasteiger partial charge < -0.3 is 10.6 Å². The molecule has 2 aromatic heterocycles. The van der Waals surface area contributed by atoms with Crippen LogP contribution in [-0.2, 0) is 30.8 Å². The second-order valence-corrected chi connectivity index (χ2v) is 6.37. The first-order chi connectivity index (χ1) is 12.8. The molecule has 4 rings (SSSR count). The summed E-state index contributed by atoms with van der Waals surface area (Å²) in [4.78, 5) is 16.2. The Hall–Kier alpha value is -2.71. The van der Waals surface area contributed by atoms with E-state index in [2.05, 4.69) is 31.9 Å². The smallest absolute Gasteiger partial charge is 0.224 e. The van der Waals surface area contributed by atoms with Crippen molar-refractivity contribution in [2.24, 2.45) is 0 Å². The number of aromatic nitrogens is 5. The molecule has 1 aliphatic rings. The third kappa shape index (κ3) is 4.93. The Morgan fingerprint density at radius 1 is 1.30 bits per heavy atom. The van der Waals surface area contributed by atoms with E-state index in [0.29, 0.717) is 19.4 Å². The summed E-state index contributed by atoms with van der Waals surface area (Å²) < 4.78 is 3.77. The number of carbonyl (C=O) groups excluding carboxylic acids is 1. The van der Waals surface area contributed by atoms with Crippen molar-refractivity contribution < 1.29 is 4.79 Å². The Bertz CT molecular complexity index is 868. The van der Waals surface area contributed by atoms with E-state index < -0.39 is 0 Å². The topological polar surface area (TPSA) is 89.7 Å². The van der Waals surface area contributed by atoms with Crippen LogP contribution < -0.4 is 10.6 Å². The fourth-order valence-corrected chi connectivity index (χ4v) is 3.09. The molecule has 8 nitrogen and oxygen atoms in total. The lowest BCUT2D eigenvalue weighted by Crippen LogP contribution is -2.28. The summed E-state index contributed by atoms with van der Waals surface area (Å²) in [7, 11) is 0. The molecule has 2 N–H and O–H groups in total. The van der Waals surface area contributed by atoms with E-state index in [-0.39, 0.29) is 18.3 Å².